The first-order chi connectivity index (χ1) is 29.2. The molecule has 11 aromatic rings. The number of aromatic nitrogens is 5. The van der Waals surface area contributed by atoms with Crippen LogP contribution in [0.5, 0.6) is 0 Å². The van der Waals surface area contributed by atoms with E-state index in [4.69, 9.17) is 15.0 Å². The Morgan fingerprint density at radius 1 is 0.288 bits per heavy atom. The van der Waals surface area contributed by atoms with E-state index >= 15 is 0 Å². The number of thiophene rings is 1. The summed E-state index contributed by atoms with van der Waals surface area (Å²) in [5, 5.41) is 11.5. The van der Waals surface area contributed by atoms with Gasteiger partial charge in [0, 0.05) is 32.2 Å². The summed E-state index contributed by atoms with van der Waals surface area (Å²) in [6, 6.07) is 69.8. The van der Waals surface area contributed by atoms with E-state index in [9.17, 15) is 0 Å². The van der Waals surface area contributed by atoms with Crippen molar-refractivity contribution in [3.05, 3.63) is 200 Å². The third-order valence-corrected chi connectivity index (χ3v) is 12.0. The van der Waals surface area contributed by atoms with Crippen molar-refractivity contribution in [2.75, 3.05) is 0 Å². The molecule has 0 aliphatic carbocycles. The Labute approximate surface area is 345 Å². The summed E-state index contributed by atoms with van der Waals surface area (Å²) in [7, 11) is 0. The monoisotopic (exact) mass is 771 g/mol. The van der Waals surface area contributed by atoms with E-state index in [0.29, 0.717) is 17.5 Å². The van der Waals surface area contributed by atoms with Gasteiger partial charge in [0.25, 0.3) is 0 Å². The van der Waals surface area contributed by atoms with Crippen LogP contribution in [0.15, 0.2) is 200 Å². The van der Waals surface area contributed by atoms with Gasteiger partial charge >= 0.3 is 0 Å². The number of fused-ring (bicyclic) bond motifs is 5. The van der Waals surface area contributed by atoms with Crippen LogP contribution in [0.4, 0.5) is 0 Å². The molecule has 6 heteroatoms. The van der Waals surface area contributed by atoms with Crippen molar-refractivity contribution in [2.45, 2.75) is 0 Å². The first-order valence-electron chi connectivity index (χ1n) is 19.6. The first kappa shape index (κ1) is 34.6. The molecule has 0 N–H and O–H groups in total. The summed E-state index contributed by atoms with van der Waals surface area (Å²) in [5.41, 5.74) is 13.8. The standard InChI is InChI=1S/C53H33N5S/c1-3-11-34(12-4-1)35-25-27-39(28-26-35)52-54-51(38-13-5-2-6-14-38)55-53(56-52)44-18-10-16-41(32-44)37-23-21-36(22-24-37)40-15-9-17-42(31-40)43-29-30-48-46(33-43)49-50(59-48)45-19-7-8-20-47(45)57-58-49/h1-33H. The lowest BCUT2D eigenvalue weighted by molar-refractivity contribution is 1.07. The van der Waals surface area contributed by atoms with Crippen LogP contribution in [0.1, 0.15) is 0 Å². The molecular weight excluding hydrogens is 739 g/mol. The van der Waals surface area contributed by atoms with Crippen molar-refractivity contribution >= 4 is 42.5 Å². The molecule has 0 saturated carbocycles. The molecular formula is C53H33N5S. The molecule has 3 heterocycles. The van der Waals surface area contributed by atoms with E-state index in [1.54, 1.807) is 11.3 Å². The third-order valence-electron chi connectivity index (χ3n) is 10.9. The Balaban J connectivity index is 0.897. The molecule has 0 aliphatic heterocycles. The van der Waals surface area contributed by atoms with E-state index in [-0.39, 0.29) is 0 Å². The van der Waals surface area contributed by atoms with Gasteiger partial charge in [-0.05, 0) is 74.8 Å². The highest BCUT2D eigenvalue weighted by molar-refractivity contribution is 7.26. The van der Waals surface area contributed by atoms with Crippen molar-refractivity contribution in [3.63, 3.8) is 0 Å². The number of benzene rings is 8. The zero-order chi connectivity index (χ0) is 39.1. The highest BCUT2D eigenvalue weighted by atomic mass is 32.1. The quantitative estimate of drug-likeness (QED) is 0.161. The van der Waals surface area contributed by atoms with Crippen LogP contribution in [0.25, 0.3) is 110 Å². The topological polar surface area (TPSA) is 64.5 Å². The van der Waals surface area contributed by atoms with Gasteiger partial charge in [0.15, 0.2) is 17.5 Å². The second-order valence-electron chi connectivity index (χ2n) is 14.6. The van der Waals surface area contributed by atoms with Crippen LogP contribution in [0.3, 0.4) is 0 Å². The van der Waals surface area contributed by atoms with E-state index in [2.05, 4.69) is 162 Å². The fraction of sp³-hybridized carbons (Fsp3) is 0. The molecule has 5 nitrogen and oxygen atoms in total. The Morgan fingerprint density at radius 2 is 0.712 bits per heavy atom. The van der Waals surface area contributed by atoms with Gasteiger partial charge in [0.1, 0.15) is 5.52 Å². The van der Waals surface area contributed by atoms with Gasteiger partial charge in [-0.15, -0.1) is 21.5 Å². The van der Waals surface area contributed by atoms with Gasteiger partial charge < -0.3 is 0 Å². The molecule has 0 fully saturated rings. The van der Waals surface area contributed by atoms with Gasteiger partial charge in [0.05, 0.1) is 10.2 Å². The van der Waals surface area contributed by atoms with Crippen LogP contribution in [-0.2, 0) is 0 Å². The lowest BCUT2D eigenvalue weighted by Gasteiger charge is -2.11. The Bertz CT molecular complexity index is 3310. The highest BCUT2D eigenvalue weighted by Crippen LogP contribution is 2.39. The molecule has 8 aromatic carbocycles. The molecule has 11 rings (SSSR count). The first-order valence-corrected chi connectivity index (χ1v) is 20.4. The second kappa shape index (κ2) is 14.7. The highest BCUT2D eigenvalue weighted by Gasteiger charge is 2.15. The maximum absolute atomic E-state index is 5.04. The van der Waals surface area contributed by atoms with Crippen LogP contribution < -0.4 is 0 Å². The molecule has 0 amide bonds. The molecule has 0 saturated heterocycles. The summed E-state index contributed by atoms with van der Waals surface area (Å²) in [4.78, 5) is 15.0. The molecule has 59 heavy (non-hydrogen) atoms. The fourth-order valence-corrected chi connectivity index (χ4v) is 8.92. The van der Waals surface area contributed by atoms with E-state index in [1.807, 2.05) is 48.5 Å². The van der Waals surface area contributed by atoms with Gasteiger partial charge in [-0.25, -0.2) is 15.0 Å². The van der Waals surface area contributed by atoms with Crippen molar-refractivity contribution in [1.82, 2.24) is 25.1 Å². The lowest BCUT2D eigenvalue weighted by atomic mass is 9.96. The SMILES string of the molecule is c1ccc(-c2ccc(-c3nc(-c4ccccc4)nc(-c4cccc(-c5ccc(-c6cccc(-c7ccc8sc9c%10ccccc%10nnc9c8c7)c6)cc5)c4)n3)cc2)cc1. The predicted octanol–water partition coefficient (Wildman–Crippen LogP) is 13.9. The lowest BCUT2D eigenvalue weighted by Crippen LogP contribution is -2.00. The van der Waals surface area contributed by atoms with E-state index in [1.165, 1.54) is 15.0 Å². The molecule has 0 radical (unpaired) electrons. The maximum Gasteiger partial charge on any atom is 0.164 e. The van der Waals surface area contributed by atoms with Crippen LogP contribution in [0.2, 0.25) is 0 Å². The van der Waals surface area contributed by atoms with Crippen molar-refractivity contribution in [1.29, 1.82) is 0 Å². The third kappa shape index (κ3) is 6.61. The van der Waals surface area contributed by atoms with Crippen molar-refractivity contribution in [3.8, 4) is 78.7 Å². The normalized spacial score (nSPS) is 11.4. The van der Waals surface area contributed by atoms with Gasteiger partial charge in [-0.2, -0.15) is 0 Å². The molecule has 0 spiro atoms. The summed E-state index contributed by atoms with van der Waals surface area (Å²) < 4.78 is 2.40. The largest absolute Gasteiger partial charge is 0.208 e. The summed E-state index contributed by atoms with van der Waals surface area (Å²) >= 11 is 1.78. The number of nitrogens with zero attached hydrogens (tertiary/aromatic N) is 5. The molecule has 276 valence electrons. The second-order valence-corrected chi connectivity index (χ2v) is 15.6. The van der Waals surface area contributed by atoms with Gasteiger partial charge in [-0.3, -0.25) is 0 Å². The summed E-state index contributed by atoms with van der Waals surface area (Å²) in [6.07, 6.45) is 0. The minimum absolute atomic E-state index is 0.630. The van der Waals surface area contributed by atoms with Crippen molar-refractivity contribution in [2.24, 2.45) is 0 Å². The van der Waals surface area contributed by atoms with Crippen molar-refractivity contribution < 1.29 is 0 Å². The van der Waals surface area contributed by atoms with Crippen LogP contribution in [-0.4, -0.2) is 25.1 Å². The molecule has 0 aliphatic rings. The summed E-state index contributed by atoms with van der Waals surface area (Å²) in [6.45, 7) is 0. The van der Waals surface area contributed by atoms with Gasteiger partial charge in [-0.1, -0.05) is 170 Å². The molecule has 3 aromatic heterocycles. The number of hydrogen-bond acceptors (Lipinski definition) is 6. The smallest absolute Gasteiger partial charge is 0.164 e. The minimum atomic E-state index is 0.630. The molecule has 0 bridgehead atoms. The molecule has 0 atom stereocenters. The summed E-state index contributed by atoms with van der Waals surface area (Å²) in [5.74, 6) is 1.90. The Morgan fingerprint density at radius 3 is 1.37 bits per heavy atom. The maximum atomic E-state index is 5.04. The average Bonchev–Trinajstić information content (AvgIpc) is 3.71. The predicted molar refractivity (Wildman–Crippen MR) is 244 cm³/mol. The fourth-order valence-electron chi connectivity index (χ4n) is 7.77. The Hall–Kier alpha value is -7.67. The van der Waals surface area contributed by atoms with E-state index < -0.39 is 0 Å². The van der Waals surface area contributed by atoms with E-state index in [0.717, 1.165) is 77.4 Å². The average molecular weight is 772 g/mol. The van der Waals surface area contributed by atoms with Crippen LogP contribution >= 0.6 is 11.3 Å². The zero-order valence-electron chi connectivity index (χ0n) is 31.7. The van der Waals surface area contributed by atoms with Crippen LogP contribution in [0, 0.1) is 0 Å². The van der Waals surface area contributed by atoms with Gasteiger partial charge in [0.2, 0.25) is 0 Å². The molecule has 0 unspecified atom stereocenters. The number of rotatable bonds is 7. The zero-order valence-corrected chi connectivity index (χ0v) is 32.5. The Kier molecular flexibility index (Phi) is 8.60. The number of hydrogen-bond donors (Lipinski definition) is 0. The minimum Gasteiger partial charge on any atom is -0.208 e.